The Morgan fingerprint density at radius 1 is 1.04 bits per heavy atom. The first-order chi connectivity index (χ1) is 10.6. The molecule has 0 aliphatic heterocycles. The summed E-state index contributed by atoms with van der Waals surface area (Å²) in [5, 5.41) is 0. The highest BCUT2D eigenvalue weighted by molar-refractivity contribution is 5.77. The molecule has 0 aromatic heterocycles. The molecule has 1 aromatic rings. The van der Waals surface area contributed by atoms with E-state index in [-0.39, 0.29) is 28.8 Å². The minimum absolute atomic E-state index is 0.0344. The fraction of sp³-hybridized carbons (Fsp3) is 0.650. The van der Waals surface area contributed by atoms with Crippen molar-refractivity contribution in [3.05, 3.63) is 30.3 Å². The maximum atomic E-state index is 12.1. The third-order valence-corrected chi connectivity index (χ3v) is 5.45. The van der Waals surface area contributed by atoms with E-state index in [2.05, 4.69) is 41.5 Å². The van der Waals surface area contributed by atoms with Crippen molar-refractivity contribution in [2.75, 3.05) is 0 Å². The molecule has 0 radical (unpaired) electrons. The highest BCUT2D eigenvalue weighted by atomic mass is 16.5. The number of carbonyl (C=O) groups excluding carboxylic acids is 1. The van der Waals surface area contributed by atoms with Crippen molar-refractivity contribution in [1.82, 2.24) is 0 Å². The molecular weight excluding hydrogens is 286 g/mol. The van der Waals surface area contributed by atoms with Gasteiger partial charge < -0.3 is 10.5 Å². The second kappa shape index (κ2) is 7.85. The van der Waals surface area contributed by atoms with Gasteiger partial charge in [0, 0.05) is 11.3 Å². The number of nitrogens with two attached hydrogens (primary N) is 1. The highest BCUT2D eigenvalue weighted by Gasteiger charge is 2.39. The number of carbonyl (C=O) groups is 1. The van der Waals surface area contributed by atoms with Gasteiger partial charge in [0.05, 0.1) is 0 Å². The lowest BCUT2D eigenvalue weighted by atomic mass is 9.70. The van der Waals surface area contributed by atoms with Gasteiger partial charge in [0.25, 0.3) is 0 Å². The maximum Gasteiger partial charge on any atom is 0.221 e. The molecule has 23 heavy (non-hydrogen) atoms. The smallest absolute Gasteiger partial charge is 0.221 e. The summed E-state index contributed by atoms with van der Waals surface area (Å²) in [7, 11) is 0. The number of rotatable bonds is 9. The number of benzene rings is 1. The Balaban J connectivity index is 3.07. The Kier molecular flexibility index (Phi) is 6.67. The largest absolute Gasteiger partial charge is 0.490 e. The minimum Gasteiger partial charge on any atom is -0.490 e. The maximum absolute atomic E-state index is 12.1. The molecule has 0 bridgehead atoms. The number of ether oxygens (including phenoxy) is 1. The van der Waals surface area contributed by atoms with E-state index in [1.807, 2.05) is 30.3 Å². The Morgan fingerprint density at radius 3 is 2.00 bits per heavy atom. The van der Waals surface area contributed by atoms with Gasteiger partial charge in [0.15, 0.2) is 0 Å². The lowest BCUT2D eigenvalue weighted by molar-refractivity contribution is -0.127. The predicted molar refractivity (Wildman–Crippen MR) is 96.3 cm³/mol. The quantitative estimate of drug-likeness (QED) is 0.711. The fourth-order valence-electron chi connectivity index (χ4n) is 2.70. The van der Waals surface area contributed by atoms with Gasteiger partial charge in [-0.2, -0.15) is 0 Å². The molecule has 130 valence electrons. The van der Waals surface area contributed by atoms with Crippen LogP contribution in [0.15, 0.2) is 30.3 Å². The molecule has 2 unspecified atom stereocenters. The van der Waals surface area contributed by atoms with Crippen LogP contribution >= 0.6 is 0 Å². The zero-order valence-corrected chi connectivity index (χ0v) is 15.6. The van der Waals surface area contributed by atoms with Crippen LogP contribution in [0.1, 0.15) is 60.8 Å². The fourth-order valence-corrected chi connectivity index (χ4v) is 2.70. The molecule has 0 spiro atoms. The molecule has 0 aliphatic rings. The minimum atomic E-state index is -0.231. The first-order valence-electron chi connectivity index (χ1n) is 8.65. The molecule has 0 saturated carbocycles. The number of hydrogen-bond acceptors (Lipinski definition) is 2. The average Bonchev–Trinajstić information content (AvgIpc) is 2.51. The topological polar surface area (TPSA) is 52.3 Å². The Bertz CT molecular complexity index is 494. The van der Waals surface area contributed by atoms with Crippen LogP contribution in [0.4, 0.5) is 0 Å². The van der Waals surface area contributed by atoms with Crippen LogP contribution in [0.5, 0.6) is 5.75 Å². The van der Waals surface area contributed by atoms with Crippen molar-refractivity contribution < 1.29 is 9.53 Å². The van der Waals surface area contributed by atoms with Gasteiger partial charge in [0.1, 0.15) is 11.9 Å². The van der Waals surface area contributed by atoms with Gasteiger partial charge in [-0.15, -0.1) is 0 Å². The summed E-state index contributed by atoms with van der Waals surface area (Å²) < 4.78 is 6.28. The van der Waals surface area contributed by atoms with Crippen LogP contribution in [0, 0.1) is 16.7 Å². The first-order valence-corrected chi connectivity index (χ1v) is 8.65. The SMILES string of the molecule is CCC(C)(C)C(CC(C(N)=O)C(C)(C)CC)Oc1ccccc1. The predicted octanol–water partition coefficient (Wildman–Crippen LogP) is 4.80. The summed E-state index contributed by atoms with van der Waals surface area (Å²) in [6.45, 7) is 12.9. The molecule has 3 heteroatoms. The number of hydrogen-bond donors (Lipinski definition) is 1. The van der Waals surface area contributed by atoms with Crippen molar-refractivity contribution in [2.24, 2.45) is 22.5 Å². The summed E-state index contributed by atoms with van der Waals surface area (Å²) in [6.07, 6.45) is 2.47. The van der Waals surface area contributed by atoms with Crippen molar-refractivity contribution in [3.63, 3.8) is 0 Å². The van der Waals surface area contributed by atoms with Crippen molar-refractivity contribution >= 4 is 5.91 Å². The number of primary amides is 1. The Labute approximate surface area is 141 Å². The van der Waals surface area contributed by atoms with E-state index < -0.39 is 0 Å². The van der Waals surface area contributed by atoms with E-state index in [0.717, 1.165) is 18.6 Å². The van der Waals surface area contributed by atoms with Crippen LogP contribution in [0.3, 0.4) is 0 Å². The lowest BCUT2D eigenvalue weighted by Crippen LogP contribution is -2.43. The van der Waals surface area contributed by atoms with Crippen LogP contribution in [0.2, 0.25) is 0 Å². The first kappa shape index (κ1) is 19.5. The van der Waals surface area contributed by atoms with Gasteiger partial charge in [-0.25, -0.2) is 0 Å². The van der Waals surface area contributed by atoms with Crippen LogP contribution in [-0.2, 0) is 4.79 Å². The third kappa shape index (κ3) is 5.26. The summed E-state index contributed by atoms with van der Waals surface area (Å²) in [5.41, 5.74) is 5.56. The van der Waals surface area contributed by atoms with Gasteiger partial charge in [-0.05, 0) is 30.4 Å². The zero-order chi connectivity index (χ0) is 17.7. The molecule has 1 rings (SSSR count). The molecule has 0 aliphatic carbocycles. The molecule has 0 heterocycles. The van der Waals surface area contributed by atoms with Crippen LogP contribution in [-0.4, -0.2) is 12.0 Å². The molecular formula is C20H33NO2. The molecule has 0 saturated heterocycles. The summed E-state index contributed by atoms with van der Waals surface area (Å²) in [5.74, 6) is 0.411. The molecule has 1 aromatic carbocycles. The highest BCUT2D eigenvalue weighted by Crippen LogP contribution is 2.39. The van der Waals surface area contributed by atoms with E-state index in [9.17, 15) is 4.79 Å². The standard InChI is InChI=1S/C20H33NO2/c1-7-19(3,4)16(18(21)22)14-17(20(5,6)8-2)23-15-12-10-9-11-13-15/h9-13,16-17H,7-8,14H2,1-6H3,(H2,21,22). The molecule has 2 N–H and O–H groups in total. The van der Waals surface area contributed by atoms with E-state index in [0.29, 0.717) is 6.42 Å². The summed E-state index contributed by atoms with van der Waals surface area (Å²) >= 11 is 0. The van der Waals surface area contributed by atoms with Gasteiger partial charge in [0.2, 0.25) is 5.91 Å². The third-order valence-electron chi connectivity index (χ3n) is 5.45. The normalized spacial score (nSPS) is 15.0. The molecule has 0 fully saturated rings. The summed E-state index contributed by atoms with van der Waals surface area (Å²) in [4.78, 5) is 12.1. The number of amides is 1. The second-order valence-corrected chi connectivity index (χ2v) is 7.79. The summed E-state index contributed by atoms with van der Waals surface area (Å²) in [6, 6.07) is 9.82. The monoisotopic (exact) mass is 319 g/mol. The molecule has 2 atom stereocenters. The van der Waals surface area contributed by atoms with E-state index in [1.165, 1.54) is 0 Å². The van der Waals surface area contributed by atoms with Gasteiger partial charge in [-0.3, -0.25) is 4.79 Å². The molecule has 3 nitrogen and oxygen atoms in total. The van der Waals surface area contributed by atoms with E-state index in [1.54, 1.807) is 0 Å². The zero-order valence-electron chi connectivity index (χ0n) is 15.6. The van der Waals surface area contributed by atoms with Gasteiger partial charge >= 0.3 is 0 Å². The average molecular weight is 319 g/mol. The van der Waals surface area contributed by atoms with E-state index in [4.69, 9.17) is 10.5 Å². The Morgan fingerprint density at radius 2 is 1.57 bits per heavy atom. The van der Waals surface area contributed by atoms with E-state index >= 15 is 0 Å². The van der Waals surface area contributed by atoms with Crippen LogP contribution in [0.25, 0.3) is 0 Å². The van der Waals surface area contributed by atoms with Gasteiger partial charge in [-0.1, -0.05) is 66.2 Å². The Hall–Kier alpha value is -1.51. The number of para-hydroxylation sites is 1. The van der Waals surface area contributed by atoms with Crippen LogP contribution < -0.4 is 10.5 Å². The van der Waals surface area contributed by atoms with Crippen molar-refractivity contribution in [1.29, 1.82) is 0 Å². The lowest BCUT2D eigenvalue weighted by Gasteiger charge is -2.39. The van der Waals surface area contributed by atoms with Crippen molar-refractivity contribution in [3.8, 4) is 5.75 Å². The second-order valence-electron chi connectivity index (χ2n) is 7.79. The molecule has 1 amide bonds. The van der Waals surface area contributed by atoms with Crippen molar-refractivity contribution in [2.45, 2.75) is 66.9 Å².